The summed E-state index contributed by atoms with van der Waals surface area (Å²) in [5, 5.41) is 6.04. The van der Waals surface area contributed by atoms with Crippen LogP contribution in [0, 0.1) is 0 Å². The van der Waals surface area contributed by atoms with Crippen LogP contribution in [0.25, 0.3) is 54.1 Å². The van der Waals surface area contributed by atoms with Crippen LogP contribution in [0.2, 0.25) is 0 Å². The van der Waals surface area contributed by atoms with Crippen molar-refractivity contribution in [3.63, 3.8) is 0 Å². The molecule has 3 heteroatoms. The molecule has 0 amide bonds. The molecule has 0 aliphatic rings. The molecule has 0 saturated carbocycles. The fraction of sp³-hybridized carbons (Fsp3) is 0.0286. The fourth-order valence-corrected chi connectivity index (χ4v) is 6.65. The number of hydrogen-bond acceptors (Lipinski definition) is 3. The molecule has 182 valence electrons. The first-order chi connectivity index (χ1) is 18.8. The highest BCUT2D eigenvalue weighted by molar-refractivity contribution is 7.26. The number of para-hydroxylation sites is 1. The summed E-state index contributed by atoms with van der Waals surface area (Å²) in [6.45, 7) is 6.05. The predicted molar refractivity (Wildman–Crippen MR) is 166 cm³/mol. The van der Waals surface area contributed by atoms with Crippen LogP contribution in [0.1, 0.15) is 18.2 Å². The lowest BCUT2D eigenvalue weighted by Gasteiger charge is -2.26. The molecule has 7 aromatic rings. The number of nitrogens with zero attached hydrogens (tertiary/aromatic N) is 1. The molecule has 2 heterocycles. The summed E-state index contributed by atoms with van der Waals surface area (Å²) in [4.78, 5) is 2.35. The summed E-state index contributed by atoms with van der Waals surface area (Å²) in [5.74, 6) is 0.782. The van der Waals surface area contributed by atoms with Crippen LogP contribution in [-0.2, 0) is 0 Å². The second-order valence-electron chi connectivity index (χ2n) is 9.36. The van der Waals surface area contributed by atoms with Crippen molar-refractivity contribution in [2.24, 2.45) is 0 Å². The van der Waals surface area contributed by atoms with Gasteiger partial charge in [0.05, 0.1) is 16.1 Å². The van der Waals surface area contributed by atoms with Gasteiger partial charge in [-0.25, -0.2) is 0 Å². The van der Waals surface area contributed by atoms with E-state index in [1.165, 1.54) is 30.9 Å². The summed E-state index contributed by atoms with van der Waals surface area (Å²) >= 11 is 1.84. The van der Waals surface area contributed by atoms with Crippen molar-refractivity contribution >= 4 is 82.5 Å². The number of furan rings is 1. The van der Waals surface area contributed by atoms with Crippen molar-refractivity contribution in [1.82, 2.24) is 0 Å². The lowest BCUT2D eigenvalue weighted by atomic mass is 10.1. The van der Waals surface area contributed by atoms with Crippen LogP contribution >= 0.6 is 11.3 Å². The highest BCUT2D eigenvalue weighted by atomic mass is 32.1. The minimum absolute atomic E-state index is 0.782. The third-order valence-electron chi connectivity index (χ3n) is 7.14. The molecule has 0 atom stereocenters. The number of benzene rings is 5. The number of thiophene rings is 1. The van der Waals surface area contributed by atoms with Crippen LogP contribution in [0.5, 0.6) is 0 Å². The zero-order valence-electron chi connectivity index (χ0n) is 21.0. The maximum absolute atomic E-state index is 6.51. The smallest absolute Gasteiger partial charge is 0.159 e. The van der Waals surface area contributed by atoms with Crippen LogP contribution in [0.15, 0.2) is 120 Å². The van der Waals surface area contributed by atoms with E-state index in [1.54, 1.807) is 6.08 Å². The Morgan fingerprint density at radius 3 is 2.32 bits per heavy atom. The molecule has 0 bridgehead atoms. The van der Waals surface area contributed by atoms with E-state index >= 15 is 0 Å². The van der Waals surface area contributed by atoms with Crippen molar-refractivity contribution in [3.8, 4) is 0 Å². The zero-order chi connectivity index (χ0) is 25.6. The van der Waals surface area contributed by atoms with Crippen LogP contribution in [0.3, 0.4) is 0 Å². The Kier molecular flexibility index (Phi) is 5.38. The molecule has 0 saturated heterocycles. The second kappa shape index (κ2) is 9.05. The lowest BCUT2D eigenvalue weighted by molar-refractivity contribution is 0.604. The van der Waals surface area contributed by atoms with Crippen LogP contribution in [0.4, 0.5) is 17.1 Å². The molecule has 0 N–H and O–H groups in total. The Morgan fingerprint density at radius 1 is 0.737 bits per heavy atom. The first-order valence-corrected chi connectivity index (χ1v) is 13.6. The number of allylic oxidation sites excluding steroid dienone is 1. The molecule has 7 rings (SSSR count). The van der Waals surface area contributed by atoms with Gasteiger partial charge in [-0.15, -0.1) is 11.3 Å². The van der Waals surface area contributed by atoms with E-state index in [-0.39, 0.29) is 0 Å². The summed E-state index contributed by atoms with van der Waals surface area (Å²) in [6.07, 6.45) is 5.94. The zero-order valence-corrected chi connectivity index (χ0v) is 21.8. The van der Waals surface area contributed by atoms with E-state index in [0.717, 1.165) is 39.4 Å². The second-order valence-corrected chi connectivity index (χ2v) is 10.4. The number of hydrogen-bond donors (Lipinski definition) is 0. The van der Waals surface area contributed by atoms with E-state index in [9.17, 15) is 0 Å². The van der Waals surface area contributed by atoms with E-state index in [0.29, 0.717) is 0 Å². The van der Waals surface area contributed by atoms with Gasteiger partial charge in [-0.05, 0) is 54.1 Å². The quantitative estimate of drug-likeness (QED) is 0.230. The largest absolute Gasteiger partial charge is 0.454 e. The molecule has 2 nitrogen and oxygen atoms in total. The first-order valence-electron chi connectivity index (χ1n) is 12.8. The van der Waals surface area contributed by atoms with E-state index in [2.05, 4.69) is 121 Å². The van der Waals surface area contributed by atoms with Gasteiger partial charge < -0.3 is 9.32 Å². The third kappa shape index (κ3) is 3.47. The van der Waals surface area contributed by atoms with Crippen LogP contribution < -0.4 is 4.90 Å². The summed E-state index contributed by atoms with van der Waals surface area (Å²) in [6, 6.07) is 36.8. The first kappa shape index (κ1) is 22.6. The molecule has 5 aromatic carbocycles. The third-order valence-corrected chi connectivity index (χ3v) is 8.35. The van der Waals surface area contributed by atoms with Gasteiger partial charge in [0.25, 0.3) is 0 Å². The Hall–Kier alpha value is -4.60. The molecule has 0 unspecified atom stereocenters. The molecular formula is C35H25NOS. The predicted octanol–water partition coefficient (Wildman–Crippen LogP) is 11.1. The summed E-state index contributed by atoms with van der Waals surface area (Å²) in [7, 11) is 0. The molecule has 0 radical (unpaired) electrons. The summed E-state index contributed by atoms with van der Waals surface area (Å²) in [5.41, 5.74) is 5.13. The average molecular weight is 508 g/mol. The monoisotopic (exact) mass is 507 g/mol. The lowest BCUT2D eigenvalue weighted by Crippen LogP contribution is -2.10. The number of fused-ring (bicyclic) bond motifs is 5. The van der Waals surface area contributed by atoms with Gasteiger partial charge in [0.15, 0.2) is 5.58 Å². The van der Waals surface area contributed by atoms with Gasteiger partial charge in [-0.3, -0.25) is 0 Å². The molecular weight excluding hydrogens is 482 g/mol. The normalized spacial score (nSPS) is 11.8. The van der Waals surface area contributed by atoms with Gasteiger partial charge in [-0.1, -0.05) is 91.5 Å². The molecule has 0 aliphatic carbocycles. The maximum Gasteiger partial charge on any atom is 0.159 e. The van der Waals surface area contributed by atoms with Crippen LogP contribution in [-0.4, -0.2) is 0 Å². The Labute approximate surface area is 225 Å². The summed E-state index contributed by atoms with van der Waals surface area (Å²) < 4.78 is 9.05. The topological polar surface area (TPSA) is 16.4 Å². The standard InChI is InChI=1S/C35H25NOS/c1-3-11-26-28-15-9-17-30(34(28)37-32(26)4-2)36(25-21-20-23-12-5-6-13-24(23)22-25)31-18-10-16-29-27-14-7-8-19-33(27)38-35(29)31/h3-22H,2H2,1H3/b11-3-. The Balaban J connectivity index is 1.58. The number of rotatable bonds is 5. The molecule has 0 spiro atoms. The maximum atomic E-state index is 6.51. The highest BCUT2D eigenvalue weighted by Crippen LogP contribution is 2.47. The van der Waals surface area contributed by atoms with Crippen molar-refractivity contribution in [1.29, 1.82) is 0 Å². The van der Waals surface area contributed by atoms with E-state index in [1.807, 2.05) is 24.3 Å². The van der Waals surface area contributed by atoms with Gasteiger partial charge in [0.2, 0.25) is 0 Å². The fourth-order valence-electron chi connectivity index (χ4n) is 5.44. The van der Waals surface area contributed by atoms with Gasteiger partial charge >= 0.3 is 0 Å². The molecule has 2 aromatic heterocycles. The van der Waals surface area contributed by atoms with Gasteiger partial charge in [0.1, 0.15) is 5.76 Å². The minimum atomic E-state index is 0.782. The van der Waals surface area contributed by atoms with Crippen molar-refractivity contribution in [2.75, 3.05) is 4.90 Å². The van der Waals surface area contributed by atoms with E-state index in [4.69, 9.17) is 4.42 Å². The molecule has 38 heavy (non-hydrogen) atoms. The Morgan fingerprint density at radius 2 is 1.47 bits per heavy atom. The highest BCUT2D eigenvalue weighted by Gasteiger charge is 2.23. The van der Waals surface area contributed by atoms with Gasteiger partial charge in [0, 0.05) is 32.1 Å². The SMILES string of the molecule is C=Cc1oc2c(N(c3ccc4ccccc4c3)c3cccc4c3sc3ccccc34)cccc2c1/C=C\C. The minimum Gasteiger partial charge on any atom is -0.454 e. The van der Waals surface area contributed by atoms with Crippen molar-refractivity contribution in [2.45, 2.75) is 6.92 Å². The number of anilines is 3. The van der Waals surface area contributed by atoms with Crippen molar-refractivity contribution in [3.05, 3.63) is 127 Å². The molecule has 0 fully saturated rings. The van der Waals surface area contributed by atoms with Gasteiger partial charge in [-0.2, -0.15) is 0 Å². The van der Waals surface area contributed by atoms with E-state index < -0.39 is 0 Å². The average Bonchev–Trinajstić information content (AvgIpc) is 3.52. The molecule has 0 aliphatic heterocycles. The Bertz CT molecular complexity index is 2020. The van der Waals surface area contributed by atoms with Crippen molar-refractivity contribution < 1.29 is 4.42 Å².